The van der Waals surface area contributed by atoms with Crippen molar-refractivity contribution in [1.29, 1.82) is 0 Å². The quantitative estimate of drug-likeness (QED) is 0.113. The molecule has 0 atom stereocenters. The van der Waals surface area contributed by atoms with Crippen LogP contribution in [0.4, 0.5) is 0 Å². The molecule has 0 aliphatic rings. The lowest BCUT2D eigenvalue weighted by Crippen LogP contribution is -2.12. The normalized spacial score (nSPS) is 11.0. The SMILES string of the molecule is CCCOc1cc(OCCC)c([S+](c2ccccc2)c2ccccc2)c(OCCC)c1.Cc1ccc(S(=O)(=O)[O-])cc1. The Balaban J connectivity index is 0.000000369. The van der Waals surface area contributed by atoms with Crippen LogP contribution in [-0.4, -0.2) is 32.8 Å². The molecular weight excluding hydrogens is 569 g/mol. The van der Waals surface area contributed by atoms with Crippen molar-refractivity contribution in [2.45, 2.75) is 66.5 Å². The molecule has 0 amide bonds. The minimum atomic E-state index is -4.27. The van der Waals surface area contributed by atoms with Gasteiger partial charge in [0.15, 0.2) is 21.3 Å². The van der Waals surface area contributed by atoms with Crippen LogP contribution < -0.4 is 14.2 Å². The van der Waals surface area contributed by atoms with Crippen LogP contribution in [0.3, 0.4) is 0 Å². The predicted molar refractivity (Wildman–Crippen MR) is 168 cm³/mol. The fourth-order valence-electron chi connectivity index (χ4n) is 3.89. The highest BCUT2D eigenvalue weighted by Crippen LogP contribution is 2.45. The number of benzene rings is 4. The standard InChI is InChI=1S/C27H33O3S.C7H8O3S/c1-4-17-28-22-20-25(29-18-5-2)27(26(21-22)30-19-6-3)31(23-13-9-7-10-14-23)24-15-11-8-12-16-24;1-6-2-4-7(5-3-6)11(8,9)10/h7-16,20-21H,4-6,17-19H2,1-3H3;2-5H,1H3,(H,8,9,10)/q+1;/p-1. The van der Waals surface area contributed by atoms with Crippen LogP contribution in [0.25, 0.3) is 0 Å². The van der Waals surface area contributed by atoms with E-state index in [4.69, 9.17) is 14.2 Å². The summed E-state index contributed by atoms with van der Waals surface area (Å²) in [5.41, 5.74) is 0.928. The van der Waals surface area contributed by atoms with Gasteiger partial charge < -0.3 is 18.8 Å². The van der Waals surface area contributed by atoms with Gasteiger partial charge in [-0.1, -0.05) is 74.9 Å². The van der Waals surface area contributed by atoms with Crippen LogP contribution in [-0.2, 0) is 21.0 Å². The molecule has 0 bridgehead atoms. The van der Waals surface area contributed by atoms with E-state index in [0.29, 0.717) is 19.8 Å². The maximum absolute atomic E-state index is 10.4. The Labute approximate surface area is 253 Å². The van der Waals surface area contributed by atoms with Gasteiger partial charge in [0.05, 0.1) is 24.7 Å². The molecule has 0 unspecified atom stereocenters. The summed E-state index contributed by atoms with van der Waals surface area (Å²) in [5.74, 6) is 2.49. The minimum absolute atomic E-state index is 0.178. The molecule has 0 N–H and O–H groups in total. The molecule has 0 fully saturated rings. The fourth-order valence-corrected chi connectivity index (χ4v) is 6.60. The smallest absolute Gasteiger partial charge is 0.250 e. The highest BCUT2D eigenvalue weighted by molar-refractivity contribution is 7.97. The molecule has 42 heavy (non-hydrogen) atoms. The van der Waals surface area contributed by atoms with E-state index in [0.717, 1.165) is 47.0 Å². The van der Waals surface area contributed by atoms with Gasteiger partial charge in [0.1, 0.15) is 26.8 Å². The topological polar surface area (TPSA) is 84.9 Å². The zero-order valence-corrected chi connectivity index (χ0v) is 26.4. The van der Waals surface area contributed by atoms with Crippen molar-refractivity contribution in [3.63, 3.8) is 0 Å². The van der Waals surface area contributed by atoms with Crippen LogP contribution in [0.2, 0.25) is 0 Å². The molecule has 0 spiro atoms. The van der Waals surface area contributed by atoms with Crippen molar-refractivity contribution in [2.75, 3.05) is 19.8 Å². The first-order chi connectivity index (χ1) is 20.3. The monoisotopic (exact) mass is 608 g/mol. The summed E-state index contributed by atoms with van der Waals surface area (Å²) >= 11 is 0. The summed E-state index contributed by atoms with van der Waals surface area (Å²) in [6, 6.07) is 31.1. The Kier molecular flexibility index (Phi) is 13.3. The first kappa shape index (κ1) is 33.0. The summed E-state index contributed by atoms with van der Waals surface area (Å²) in [6.07, 6.45) is 2.83. The van der Waals surface area contributed by atoms with E-state index in [2.05, 4.69) is 81.4 Å². The predicted octanol–water partition coefficient (Wildman–Crippen LogP) is 8.05. The lowest BCUT2D eigenvalue weighted by molar-refractivity contribution is 0.276. The third kappa shape index (κ3) is 9.82. The van der Waals surface area contributed by atoms with Gasteiger partial charge in [0.2, 0.25) is 4.90 Å². The zero-order chi connectivity index (χ0) is 30.4. The van der Waals surface area contributed by atoms with Crippen molar-refractivity contribution in [1.82, 2.24) is 0 Å². The lowest BCUT2D eigenvalue weighted by atomic mass is 10.2. The molecule has 0 saturated heterocycles. The molecule has 0 saturated carbocycles. The first-order valence-corrected chi connectivity index (χ1v) is 16.8. The molecule has 0 aliphatic heterocycles. The third-order valence-electron chi connectivity index (χ3n) is 5.86. The molecule has 8 heteroatoms. The van der Waals surface area contributed by atoms with Crippen LogP contribution >= 0.6 is 0 Å². The molecule has 224 valence electrons. The maximum Gasteiger partial charge on any atom is 0.250 e. The average molecular weight is 609 g/mol. The lowest BCUT2D eigenvalue weighted by Gasteiger charge is -2.18. The second kappa shape index (κ2) is 16.9. The van der Waals surface area contributed by atoms with E-state index in [1.54, 1.807) is 12.1 Å². The van der Waals surface area contributed by atoms with Crippen molar-refractivity contribution in [3.05, 3.63) is 103 Å². The Bertz CT molecular complexity index is 1390. The van der Waals surface area contributed by atoms with Gasteiger partial charge in [-0.05, 0) is 62.6 Å². The Morgan fingerprint density at radius 3 is 1.48 bits per heavy atom. The van der Waals surface area contributed by atoms with E-state index in [1.165, 1.54) is 21.9 Å². The Morgan fingerprint density at radius 2 is 1.07 bits per heavy atom. The average Bonchev–Trinajstić information content (AvgIpc) is 3.00. The van der Waals surface area contributed by atoms with E-state index in [9.17, 15) is 13.0 Å². The van der Waals surface area contributed by atoms with E-state index >= 15 is 0 Å². The van der Waals surface area contributed by atoms with Crippen molar-refractivity contribution >= 4 is 21.0 Å². The van der Waals surface area contributed by atoms with Gasteiger partial charge in [0.25, 0.3) is 0 Å². The molecule has 4 aromatic carbocycles. The number of hydrogen-bond donors (Lipinski definition) is 0. The summed E-state index contributed by atoms with van der Waals surface area (Å²) in [4.78, 5) is 3.38. The van der Waals surface area contributed by atoms with Crippen molar-refractivity contribution in [3.8, 4) is 17.2 Å². The first-order valence-electron chi connectivity index (χ1n) is 14.2. The highest BCUT2D eigenvalue weighted by atomic mass is 32.2. The zero-order valence-electron chi connectivity index (χ0n) is 24.7. The Morgan fingerprint density at radius 1 is 0.643 bits per heavy atom. The summed E-state index contributed by atoms with van der Waals surface area (Å²) in [5, 5.41) is 0. The largest absolute Gasteiger partial charge is 0.744 e. The van der Waals surface area contributed by atoms with Gasteiger partial charge in [-0.15, -0.1) is 0 Å². The van der Waals surface area contributed by atoms with Gasteiger partial charge in [-0.2, -0.15) is 0 Å². The number of aryl methyl sites for hydroxylation is 1. The fraction of sp³-hybridized carbons (Fsp3) is 0.294. The van der Waals surface area contributed by atoms with Crippen LogP contribution in [0.1, 0.15) is 45.6 Å². The third-order valence-corrected chi connectivity index (χ3v) is 9.01. The molecule has 0 aromatic heterocycles. The van der Waals surface area contributed by atoms with Crippen molar-refractivity contribution < 1.29 is 27.2 Å². The molecule has 0 heterocycles. The van der Waals surface area contributed by atoms with Gasteiger partial charge >= 0.3 is 0 Å². The number of hydrogen-bond acceptors (Lipinski definition) is 6. The Hall–Kier alpha value is -3.46. The minimum Gasteiger partial charge on any atom is -0.744 e. The van der Waals surface area contributed by atoms with Crippen LogP contribution in [0.5, 0.6) is 17.2 Å². The second-order valence-electron chi connectivity index (χ2n) is 9.49. The van der Waals surface area contributed by atoms with Gasteiger partial charge in [0, 0.05) is 12.1 Å². The van der Waals surface area contributed by atoms with Crippen LogP contribution in [0, 0.1) is 6.92 Å². The molecule has 0 radical (unpaired) electrons. The second-order valence-corrected chi connectivity index (χ2v) is 12.8. The number of rotatable bonds is 13. The van der Waals surface area contributed by atoms with Gasteiger partial charge in [-0.25, -0.2) is 8.42 Å². The summed E-state index contributed by atoms with van der Waals surface area (Å²) < 4.78 is 49.7. The molecule has 4 rings (SSSR count). The maximum atomic E-state index is 10.4. The molecule has 6 nitrogen and oxygen atoms in total. The molecule has 4 aromatic rings. The van der Waals surface area contributed by atoms with Crippen LogP contribution in [0.15, 0.2) is 117 Å². The van der Waals surface area contributed by atoms with Crippen molar-refractivity contribution in [2.24, 2.45) is 0 Å². The van der Waals surface area contributed by atoms with Gasteiger partial charge in [-0.3, -0.25) is 0 Å². The summed E-state index contributed by atoms with van der Waals surface area (Å²) in [7, 11) is -4.63. The number of ether oxygens (including phenoxy) is 3. The molecular formula is C34H40O6S2. The highest BCUT2D eigenvalue weighted by Gasteiger charge is 2.36. The summed E-state index contributed by atoms with van der Waals surface area (Å²) in [6.45, 7) is 10.2. The van der Waals surface area contributed by atoms with E-state index in [1.807, 2.05) is 19.1 Å². The van der Waals surface area contributed by atoms with E-state index < -0.39 is 10.1 Å². The molecule has 0 aliphatic carbocycles. The van der Waals surface area contributed by atoms with E-state index in [-0.39, 0.29) is 15.8 Å².